The minimum Gasteiger partial charge on any atom is -0.466 e. The highest BCUT2D eigenvalue weighted by atomic mass is 19.3. The van der Waals surface area contributed by atoms with Crippen LogP contribution in [0.2, 0.25) is 0 Å². The summed E-state index contributed by atoms with van der Waals surface area (Å²) in [4.78, 5) is 32.3. The Bertz CT molecular complexity index is 580. The minimum absolute atomic E-state index is 0.0489. The van der Waals surface area contributed by atoms with Gasteiger partial charge in [-0.2, -0.15) is 8.78 Å². The molecule has 0 unspecified atom stereocenters. The van der Waals surface area contributed by atoms with E-state index < -0.39 is 41.2 Å². The Kier molecular flexibility index (Phi) is 11.6. The summed E-state index contributed by atoms with van der Waals surface area (Å²) in [5.74, 6) is -0.821. The molecule has 0 radical (unpaired) electrons. The maximum absolute atomic E-state index is 14.2. The summed E-state index contributed by atoms with van der Waals surface area (Å²) < 4.78 is 49.0. The topological polar surface area (TPSA) is 100 Å². The van der Waals surface area contributed by atoms with Gasteiger partial charge in [0, 0.05) is 24.2 Å². The number of carbonyl (C=O) groups excluding carboxylic acids is 3. The van der Waals surface area contributed by atoms with Gasteiger partial charge in [-0.15, -0.1) is 0 Å². The molecule has 0 saturated carbocycles. The Hall–Kier alpha value is -1.81. The lowest BCUT2D eigenvalue weighted by Crippen LogP contribution is -2.50. The predicted octanol–water partition coefficient (Wildman–Crippen LogP) is 3.71. The average molecular weight is 454 g/mol. The van der Waals surface area contributed by atoms with Crippen molar-refractivity contribution in [3.63, 3.8) is 0 Å². The molecule has 1 atom stereocenters. The van der Waals surface area contributed by atoms with Crippen molar-refractivity contribution < 1.29 is 42.1 Å². The number of rotatable bonds is 16. The highest BCUT2D eigenvalue weighted by Gasteiger charge is 2.47. The van der Waals surface area contributed by atoms with Crippen molar-refractivity contribution in [3.8, 4) is 0 Å². The van der Waals surface area contributed by atoms with Crippen molar-refractivity contribution >= 4 is 18.9 Å². The number of alkyl halides is 2. The number of hydrogen-bond donors (Lipinski definition) is 1. The summed E-state index contributed by atoms with van der Waals surface area (Å²) in [6, 6.07) is 0. The SMILES string of the molecule is C[C@@H](C=O)CC(F)(F)OC(C)(C)C(C)(C)COC(C)(C)CCOC(=O)NCCOC=O. The van der Waals surface area contributed by atoms with Gasteiger partial charge >= 0.3 is 12.2 Å². The summed E-state index contributed by atoms with van der Waals surface area (Å²) in [5, 5.41) is 2.42. The van der Waals surface area contributed by atoms with Crippen molar-refractivity contribution in [3.05, 3.63) is 0 Å². The highest BCUT2D eigenvalue weighted by molar-refractivity contribution is 5.67. The van der Waals surface area contributed by atoms with E-state index in [1.807, 2.05) is 0 Å². The highest BCUT2D eigenvalue weighted by Crippen LogP contribution is 2.41. The molecule has 0 rings (SSSR count). The molecule has 0 aliphatic carbocycles. The van der Waals surface area contributed by atoms with Crippen LogP contribution in [-0.2, 0) is 28.5 Å². The first-order valence-corrected chi connectivity index (χ1v) is 10.2. The van der Waals surface area contributed by atoms with Crippen LogP contribution in [-0.4, -0.2) is 62.5 Å². The van der Waals surface area contributed by atoms with Crippen molar-refractivity contribution in [1.29, 1.82) is 0 Å². The zero-order chi connectivity index (χ0) is 24.3. The predicted molar refractivity (Wildman–Crippen MR) is 110 cm³/mol. The molecule has 0 aromatic heterocycles. The first-order chi connectivity index (χ1) is 14.1. The first-order valence-electron chi connectivity index (χ1n) is 10.2. The molecular formula is C21H37F2NO7. The molecular weight excluding hydrogens is 416 g/mol. The second-order valence-electron chi connectivity index (χ2n) is 9.28. The van der Waals surface area contributed by atoms with Crippen LogP contribution in [0.1, 0.15) is 61.3 Å². The zero-order valence-electron chi connectivity index (χ0n) is 19.6. The van der Waals surface area contributed by atoms with Crippen LogP contribution in [0.25, 0.3) is 0 Å². The first kappa shape index (κ1) is 29.2. The van der Waals surface area contributed by atoms with Gasteiger partial charge in [0.2, 0.25) is 0 Å². The van der Waals surface area contributed by atoms with Crippen LogP contribution in [0.3, 0.4) is 0 Å². The number of hydrogen-bond acceptors (Lipinski definition) is 7. The lowest BCUT2D eigenvalue weighted by atomic mass is 9.77. The Balaban J connectivity index is 4.62. The molecule has 0 aromatic carbocycles. The number of nitrogens with one attached hydrogen (secondary N) is 1. The van der Waals surface area contributed by atoms with E-state index in [0.29, 0.717) is 12.7 Å². The van der Waals surface area contributed by atoms with E-state index >= 15 is 0 Å². The third kappa shape index (κ3) is 12.0. The van der Waals surface area contributed by atoms with Gasteiger partial charge in [0.25, 0.3) is 6.47 Å². The number of aldehydes is 1. The average Bonchev–Trinajstić information content (AvgIpc) is 2.62. The van der Waals surface area contributed by atoms with Crippen molar-refractivity contribution in [2.45, 2.75) is 78.6 Å². The van der Waals surface area contributed by atoms with Gasteiger partial charge in [-0.1, -0.05) is 20.8 Å². The molecule has 0 aliphatic heterocycles. The molecule has 1 N–H and O–H groups in total. The molecule has 182 valence electrons. The van der Waals surface area contributed by atoms with Crippen LogP contribution in [0.15, 0.2) is 0 Å². The van der Waals surface area contributed by atoms with Crippen LogP contribution in [0.5, 0.6) is 0 Å². The standard InChI is InChI=1S/C21H37F2NO7/c1-16(13-25)12-21(22,23)31-20(6,7)18(2,3)14-30-19(4,5)8-10-29-17(27)24-9-11-28-15-26/h13,15-16H,8-12,14H2,1-7H3,(H,24,27)/t16-/m1/s1. The summed E-state index contributed by atoms with van der Waals surface area (Å²) in [7, 11) is 0. The fourth-order valence-electron chi connectivity index (χ4n) is 2.30. The summed E-state index contributed by atoms with van der Waals surface area (Å²) in [6.07, 6.45) is -3.94. The molecule has 0 aliphatic rings. The van der Waals surface area contributed by atoms with Crippen molar-refractivity contribution in [2.75, 3.05) is 26.4 Å². The number of alkyl carbamates (subject to hydrolysis) is 1. The van der Waals surface area contributed by atoms with Gasteiger partial charge in [0.15, 0.2) is 0 Å². The molecule has 0 fully saturated rings. The third-order valence-corrected chi connectivity index (χ3v) is 5.14. The van der Waals surface area contributed by atoms with E-state index in [1.165, 1.54) is 6.92 Å². The number of halogens is 2. The van der Waals surface area contributed by atoms with Gasteiger partial charge in [-0.3, -0.25) is 4.79 Å². The second-order valence-corrected chi connectivity index (χ2v) is 9.28. The summed E-state index contributed by atoms with van der Waals surface area (Å²) in [6.45, 7) is 12.3. The molecule has 31 heavy (non-hydrogen) atoms. The molecule has 0 heterocycles. The maximum atomic E-state index is 14.2. The molecule has 8 nitrogen and oxygen atoms in total. The smallest absolute Gasteiger partial charge is 0.407 e. The van der Waals surface area contributed by atoms with Gasteiger partial charge in [0.05, 0.1) is 31.0 Å². The van der Waals surface area contributed by atoms with E-state index in [9.17, 15) is 23.2 Å². The third-order valence-electron chi connectivity index (χ3n) is 5.14. The second kappa shape index (κ2) is 12.3. The molecule has 0 saturated heterocycles. The lowest BCUT2D eigenvalue weighted by molar-refractivity contribution is -0.319. The van der Waals surface area contributed by atoms with Gasteiger partial charge in [0.1, 0.15) is 12.9 Å². The Morgan fingerprint density at radius 2 is 1.68 bits per heavy atom. The molecule has 0 aromatic rings. The fraction of sp³-hybridized carbons (Fsp3) is 0.857. The summed E-state index contributed by atoms with van der Waals surface area (Å²) >= 11 is 0. The van der Waals surface area contributed by atoms with E-state index in [-0.39, 0.29) is 32.8 Å². The normalized spacial score (nSPS) is 14.0. The Morgan fingerprint density at radius 3 is 2.23 bits per heavy atom. The largest absolute Gasteiger partial charge is 0.466 e. The van der Waals surface area contributed by atoms with E-state index in [1.54, 1.807) is 41.5 Å². The van der Waals surface area contributed by atoms with Crippen LogP contribution >= 0.6 is 0 Å². The number of amides is 1. The Morgan fingerprint density at radius 1 is 1.06 bits per heavy atom. The Labute approximate surface area is 183 Å². The zero-order valence-corrected chi connectivity index (χ0v) is 19.6. The van der Waals surface area contributed by atoms with Gasteiger partial charge in [-0.05, 0) is 27.7 Å². The van der Waals surface area contributed by atoms with E-state index in [0.717, 1.165) is 0 Å². The fourth-order valence-corrected chi connectivity index (χ4v) is 2.30. The van der Waals surface area contributed by atoms with Crippen LogP contribution in [0.4, 0.5) is 13.6 Å². The molecule has 0 bridgehead atoms. The monoisotopic (exact) mass is 453 g/mol. The van der Waals surface area contributed by atoms with Gasteiger partial charge < -0.3 is 29.1 Å². The van der Waals surface area contributed by atoms with E-state index in [2.05, 4.69) is 10.1 Å². The molecule has 1 amide bonds. The van der Waals surface area contributed by atoms with Crippen molar-refractivity contribution in [1.82, 2.24) is 5.32 Å². The van der Waals surface area contributed by atoms with Gasteiger partial charge in [-0.25, -0.2) is 4.79 Å². The summed E-state index contributed by atoms with van der Waals surface area (Å²) in [5.41, 5.74) is -2.74. The quantitative estimate of drug-likeness (QED) is 0.281. The maximum Gasteiger partial charge on any atom is 0.407 e. The minimum atomic E-state index is -3.45. The van der Waals surface area contributed by atoms with Crippen LogP contribution in [0, 0.1) is 11.3 Å². The van der Waals surface area contributed by atoms with E-state index in [4.69, 9.17) is 14.2 Å². The number of ether oxygens (including phenoxy) is 4. The molecule has 0 spiro atoms. The number of carbonyl (C=O) groups is 3. The van der Waals surface area contributed by atoms with Crippen LogP contribution < -0.4 is 5.32 Å². The van der Waals surface area contributed by atoms with Crippen molar-refractivity contribution in [2.24, 2.45) is 11.3 Å². The molecule has 10 heteroatoms. The lowest BCUT2D eigenvalue weighted by Gasteiger charge is -2.44.